The first-order chi connectivity index (χ1) is 9.51. The van der Waals surface area contributed by atoms with Crippen LogP contribution in [0.3, 0.4) is 0 Å². The Bertz CT molecular complexity index is 496. The van der Waals surface area contributed by atoms with Gasteiger partial charge in [-0.05, 0) is 38.9 Å². The summed E-state index contributed by atoms with van der Waals surface area (Å²) in [6, 6.07) is 3.84. The molecule has 2 unspecified atom stereocenters. The average molecular weight is 298 g/mol. The molecule has 0 aromatic carbocycles. The summed E-state index contributed by atoms with van der Waals surface area (Å²) in [7, 11) is 2.09. The predicted octanol–water partition coefficient (Wildman–Crippen LogP) is 1.23. The molecule has 20 heavy (non-hydrogen) atoms. The normalized spacial score (nSPS) is 23.4. The molecule has 0 spiro atoms. The van der Waals surface area contributed by atoms with Crippen LogP contribution in [0.15, 0.2) is 12.1 Å². The Kier molecular flexibility index (Phi) is 4.80. The van der Waals surface area contributed by atoms with Gasteiger partial charge in [0.15, 0.2) is 0 Å². The fraction of sp³-hybridized carbons (Fsp3) is 0.538. The number of hydrogen-bond acceptors (Lipinski definition) is 5. The number of carbonyl (C=O) groups is 1. The molecule has 1 fully saturated rings. The molecule has 1 aliphatic rings. The number of rotatable bonds is 3. The Labute approximate surface area is 123 Å². The van der Waals surface area contributed by atoms with Crippen LogP contribution in [0.1, 0.15) is 30.3 Å². The molecule has 0 saturated carbocycles. The maximum Gasteiger partial charge on any atom is 0.271 e. The van der Waals surface area contributed by atoms with Crippen molar-refractivity contribution in [3.8, 4) is 0 Å². The van der Waals surface area contributed by atoms with Crippen LogP contribution in [0.5, 0.6) is 0 Å². The molecule has 110 valence electrons. The fourth-order valence-electron chi connectivity index (χ4n) is 2.36. The monoisotopic (exact) mass is 297 g/mol. The number of hydrazine groups is 1. The van der Waals surface area contributed by atoms with Crippen LogP contribution in [-0.2, 0) is 0 Å². The molecule has 1 aromatic heterocycles. The third-order valence-electron chi connectivity index (χ3n) is 3.75. The molecular weight excluding hydrogens is 278 g/mol. The SMILES string of the molecule is CC1CC(NC(=O)c2nc(NN)ccc2Cl)CCN1C. The Morgan fingerprint density at radius 3 is 2.95 bits per heavy atom. The molecule has 4 N–H and O–H groups in total. The van der Waals surface area contributed by atoms with Gasteiger partial charge in [-0.1, -0.05) is 11.6 Å². The van der Waals surface area contributed by atoms with Crippen LogP contribution < -0.4 is 16.6 Å². The average Bonchev–Trinajstić information content (AvgIpc) is 2.43. The topological polar surface area (TPSA) is 83.3 Å². The number of piperidine rings is 1. The van der Waals surface area contributed by atoms with Crippen LogP contribution in [0.25, 0.3) is 0 Å². The second-order valence-electron chi connectivity index (χ2n) is 5.20. The molecule has 1 aromatic rings. The summed E-state index contributed by atoms with van der Waals surface area (Å²) in [4.78, 5) is 18.6. The number of carbonyl (C=O) groups excluding carboxylic acids is 1. The summed E-state index contributed by atoms with van der Waals surface area (Å²) in [5.41, 5.74) is 2.61. The van der Waals surface area contributed by atoms with Crippen molar-refractivity contribution in [3.05, 3.63) is 22.8 Å². The highest BCUT2D eigenvalue weighted by molar-refractivity contribution is 6.33. The van der Waals surface area contributed by atoms with Crippen molar-refractivity contribution in [1.29, 1.82) is 0 Å². The molecule has 0 aliphatic carbocycles. The maximum absolute atomic E-state index is 12.2. The number of amides is 1. The second kappa shape index (κ2) is 6.39. The minimum Gasteiger partial charge on any atom is -0.348 e. The molecule has 7 heteroatoms. The Balaban J connectivity index is 2.05. The third kappa shape index (κ3) is 3.39. The van der Waals surface area contributed by atoms with Crippen molar-refractivity contribution >= 4 is 23.3 Å². The number of pyridine rings is 1. The number of anilines is 1. The first-order valence-corrected chi connectivity index (χ1v) is 7.03. The number of nitrogens with one attached hydrogen (secondary N) is 2. The molecule has 2 heterocycles. The number of nitrogens with two attached hydrogens (primary N) is 1. The van der Waals surface area contributed by atoms with Crippen molar-refractivity contribution in [1.82, 2.24) is 15.2 Å². The van der Waals surface area contributed by atoms with Crippen LogP contribution in [-0.4, -0.2) is 41.5 Å². The highest BCUT2D eigenvalue weighted by Crippen LogP contribution is 2.19. The lowest BCUT2D eigenvalue weighted by atomic mass is 9.99. The molecule has 0 radical (unpaired) electrons. The number of aromatic nitrogens is 1. The molecule has 1 aliphatic heterocycles. The predicted molar refractivity (Wildman–Crippen MR) is 79.6 cm³/mol. The number of nitrogen functional groups attached to an aromatic ring is 1. The van der Waals surface area contributed by atoms with Crippen LogP contribution >= 0.6 is 11.6 Å². The highest BCUT2D eigenvalue weighted by atomic mass is 35.5. The summed E-state index contributed by atoms with van der Waals surface area (Å²) < 4.78 is 0. The van der Waals surface area contributed by atoms with Gasteiger partial charge in [-0.2, -0.15) is 0 Å². The molecule has 2 atom stereocenters. The lowest BCUT2D eigenvalue weighted by Gasteiger charge is -2.35. The number of likely N-dealkylation sites (tertiary alicyclic amines) is 1. The summed E-state index contributed by atoms with van der Waals surface area (Å²) in [6.07, 6.45) is 1.85. The van der Waals surface area contributed by atoms with Gasteiger partial charge in [0, 0.05) is 18.6 Å². The van der Waals surface area contributed by atoms with Crippen molar-refractivity contribution in [2.45, 2.75) is 31.8 Å². The summed E-state index contributed by atoms with van der Waals surface area (Å²) in [5.74, 6) is 5.45. The van der Waals surface area contributed by atoms with Gasteiger partial charge in [0.05, 0.1) is 5.02 Å². The molecule has 6 nitrogen and oxygen atoms in total. The van der Waals surface area contributed by atoms with E-state index >= 15 is 0 Å². The van der Waals surface area contributed by atoms with E-state index in [4.69, 9.17) is 17.4 Å². The van der Waals surface area contributed by atoms with Gasteiger partial charge in [-0.15, -0.1) is 0 Å². The molecule has 2 rings (SSSR count). The van der Waals surface area contributed by atoms with E-state index in [0.29, 0.717) is 16.9 Å². The standard InChI is InChI=1S/C13H20ClN5O/c1-8-7-9(5-6-19(8)2)16-13(20)12-10(14)3-4-11(17-12)18-15/h3-4,8-9H,5-7,15H2,1-2H3,(H,16,20)(H,17,18). The first kappa shape index (κ1) is 15.0. The first-order valence-electron chi connectivity index (χ1n) is 6.65. The Morgan fingerprint density at radius 1 is 1.55 bits per heavy atom. The van der Waals surface area contributed by atoms with Gasteiger partial charge in [0.1, 0.15) is 11.5 Å². The smallest absolute Gasteiger partial charge is 0.271 e. The lowest BCUT2D eigenvalue weighted by molar-refractivity contribution is 0.0892. The molecular formula is C13H20ClN5O. The van der Waals surface area contributed by atoms with Crippen molar-refractivity contribution in [3.63, 3.8) is 0 Å². The van der Waals surface area contributed by atoms with Crippen molar-refractivity contribution in [2.24, 2.45) is 5.84 Å². The van der Waals surface area contributed by atoms with E-state index in [2.05, 4.69) is 34.6 Å². The van der Waals surface area contributed by atoms with Gasteiger partial charge in [0.25, 0.3) is 5.91 Å². The zero-order chi connectivity index (χ0) is 14.7. The van der Waals surface area contributed by atoms with Crippen molar-refractivity contribution < 1.29 is 4.79 Å². The van der Waals surface area contributed by atoms with Crippen LogP contribution in [0, 0.1) is 0 Å². The Morgan fingerprint density at radius 2 is 2.30 bits per heavy atom. The Hall–Kier alpha value is -1.37. The van der Waals surface area contributed by atoms with Crippen molar-refractivity contribution in [2.75, 3.05) is 19.0 Å². The summed E-state index contributed by atoms with van der Waals surface area (Å²) in [6.45, 7) is 3.13. The van der Waals surface area contributed by atoms with E-state index in [1.54, 1.807) is 12.1 Å². The van der Waals surface area contributed by atoms with Gasteiger partial charge >= 0.3 is 0 Å². The van der Waals surface area contributed by atoms with E-state index in [9.17, 15) is 4.79 Å². The zero-order valence-corrected chi connectivity index (χ0v) is 12.4. The zero-order valence-electron chi connectivity index (χ0n) is 11.7. The van der Waals surface area contributed by atoms with Gasteiger partial charge in [-0.25, -0.2) is 10.8 Å². The van der Waals surface area contributed by atoms with Gasteiger partial charge < -0.3 is 15.6 Å². The molecule has 0 bridgehead atoms. The third-order valence-corrected chi connectivity index (χ3v) is 4.06. The van der Waals surface area contributed by atoms with E-state index in [1.807, 2.05) is 0 Å². The number of nitrogens with zero attached hydrogens (tertiary/aromatic N) is 2. The van der Waals surface area contributed by atoms with E-state index in [-0.39, 0.29) is 17.6 Å². The number of halogens is 1. The highest BCUT2D eigenvalue weighted by Gasteiger charge is 2.25. The molecule has 1 amide bonds. The fourth-order valence-corrected chi connectivity index (χ4v) is 2.55. The quantitative estimate of drug-likeness (QED) is 0.577. The van der Waals surface area contributed by atoms with E-state index < -0.39 is 0 Å². The largest absolute Gasteiger partial charge is 0.348 e. The minimum atomic E-state index is -0.256. The second-order valence-corrected chi connectivity index (χ2v) is 5.60. The molecule has 1 saturated heterocycles. The van der Waals surface area contributed by atoms with E-state index in [1.165, 1.54) is 0 Å². The lowest BCUT2D eigenvalue weighted by Crippen LogP contribution is -2.47. The van der Waals surface area contributed by atoms with Gasteiger partial charge in [-0.3, -0.25) is 4.79 Å². The maximum atomic E-state index is 12.2. The van der Waals surface area contributed by atoms with Crippen LogP contribution in [0.2, 0.25) is 5.02 Å². The minimum absolute atomic E-state index is 0.154. The van der Waals surface area contributed by atoms with Gasteiger partial charge in [0.2, 0.25) is 0 Å². The van der Waals surface area contributed by atoms with E-state index in [0.717, 1.165) is 19.4 Å². The van der Waals surface area contributed by atoms with Crippen LogP contribution in [0.4, 0.5) is 5.82 Å². The number of hydrogen-bond donors (Lipinski definition) is 3. The summed E-state index contributed by atoms with van der Waals surface area (Å²) >= 11 is 6.02. The summed E-state index contributed by atoms with van der Waals surface area (Å²) in [5, 5.41) is 3.32.